The van der Waals surface area contributed by atoms with Gasteiger partial charge >= 0.3 is 0 Å². The molecule has 2 heterocycles. The lowest BCUT2D eigenvalue weighted by Gasteiger charge is -1.92. The first-order valence-electron chi connectivity index (χ1n) is 4.39. The number of hydrogen-bond donors (Lipinski definition) is 0. The number of pyridine rings is 1. The minimum atomic E-state index is 1.19. The van der Waals surface area contributed by atoms with Gasteiger partial charge in [0.05, 0.1) is 0 Å². The maximum atomic E-state index is 4.05. The number of nitrogens with zero attached hydrogens (tertiary/aromatic N) is 1. The van der Waals surface area contributed by atoms with Gasteiger partial charge in [0.2, 0.25) is 0 Å². The predicted octanol–water partition coefficient (Wildman–Crippen LogP) is 3.84. The molecule has 0 spiro atoms. The van der Waals surface area contributed by atoms with E-state index in [1.165, 1.54) is 11.1 Å². The van der Waals surface area contributed by atoms with E-state index in [0.717, 1.165) is 0 Å². The van der Waals surface area contributed by atoms with Crippen molar-refractivity contribution in [2.75, 3.05) is 0 Å². The van der Waals surface area contributed by atoms with Gasteiger partial charge < -0.3 is 0 Å². The highest BCUT2D eigenvalue weighted by Gasteiger charge is 1.94. The largest absolute Gasteiger partial charge is 0.264 e. The molecule has 13 heavy (non-hydrogen) atoms. The van der Waals surface area contributed by atoms with Crippen molar-refractivity contribution < 1.29 is 0 Å². The fourth-order valence-corrected chi connectivity index (χ4v) is 1.63. The van der Waals surface area contributed by atoms with E-state index in [9.17, 15) is 0 Å². The molecule has 0 aliphatic rings. The van der Waals surface area contributed by atoms with E-state index in [1.54, 1.807) is 17.5 Å². The molecular weight excluding hydrogens is 178 g/mol. The molecule has 2 aromatic rings. The van der Waals surface area contributed by atoms with Gasteiger partial charge in [0, 0.05) is 18.0 Å². The molecule has 0 bridgehead atoms. The zero-order valence-corrected chi connectivity index (χ0v) is 8.71. The van der Waals surface area contributed by atoms with E-state index in [0.29, 0.717) is 0 Å². The number of hydrogen-bond acceptors (Lipinski definition) is 2. The molecule has 0 radical (unpaired) electrons. The fraction of sp³-hybridized carbons (Fsp3) is 0.182. The Morgan fingerprint density at radius 3 is 2.54 bits per heavy atom. The summed E-state index contributed by atoms with van der Waals surface area (Å²) in [6.07, 6.45) is 3.66. The van der Waals surface area contributed by atoms with Gasteiger partial charge in [-0.3, -0.25) is 4.98 Å². The maximum absolute atomic E-state index is 4.05. The molecule has 2 rings (SSSR count). The Morgan fingerprint density at radius 2 is 2.00 bits per heavy atom. The summed E-state index contributed by atoms with van der Waals surface area (Å²) in [6, 6.07) is 6.11. The van der Waals surface area contributed by atoms with E-state index >= 15 is 0 Å². The zero-order valence-electron chi connectivity index (χ0n) is 7.90. The molecule has 0 aliphatic carbocycles. The molecular formula is C11H13NS. The smallest absolute Gasteiger partial charge is 0.0346 e. The lowest BCUT2D eigenvalue weighted by molar-refractivity contribution is 1.33. The van der Waals surface area contributed by atoms with Crippen LogP contribution in [0.5, 0.6) is 0 Å². The van der Waals surface area contributed by atoms with Crippen molar-refractivity contribution in [1.29, 1.82) is 0 Å². The molecule has 0 aromatic carbocycles. The number of thiophene rings is 1. The first-order valence-corrected chi connectivity index (χ1v) is 5.34. The van der Waals surface area contributed by atoms with Gasteiger partial charge in [-0.1, -0.05) is 19.9 Å². The van der Waals surface area contributed by atoms with Crippen molar-refractivity contribution in [3.05, 3.63) is 41.4 Å². The van der Waals surface area contributed by atoms with Gasteiger partial charge in [0.15, 0.2) is 0 Å². The molecule has 2 heteroatoms. The lowest BCUT2D eigenvalue weighted by atomic mass is 10.2. The second-order valence-electron chi connectivity index (χ2n) is 2.25. The number of rotatable bonds is 1. The summed E-state index contributed by atoms with van der Waals surface area (Å²) in [5.74, 6) is 0. The van der Waals surface area contributed by atoms with Crippen molar-refractivity contribution in [1.82, 2.24) is 4.98 Å². The second kappa shape index (κ2) is 5.49. The summed E-state index contributed by atoms with van der Waals surface area (Å²) in [7, 11) is 0. The van der Waals surface area contributed by atoms with Crippen LogP contribution in [-0.4, -0.2) is 4.98 Å². The van der Waals surface area contributed by atoms with Crippen molar-refractivity contribution in [3.8, 4) is 11.1 Å². The minimum Gasteiger partial charge on any atom is -0.264 e. The van der Waals surface area contributed by atoms with Crippen LogP contribution in [0.2, 0.25) is 0 Å². The molecule has 0 unspecified atom stereocenters. The summed E-state index contributed by atoms with van der Waals surface area (Å²) in [5, 5.41) is 4.19. The minimum absolute atomic E-state index is 1.19. The summed E-state index contributed by atoms with van der Waals surface area (Å²) in [4.78, 5) is 4.05. The Hall–Kier alpha value is -1.15. The molecule has 0 saturated carbocycles. The monoisotopic (exact) mass is 191 g/mol. The van der Waals surface area contributed by atoms with Crippen molar-refractivity contribution in [2.45, 2.75) is 13.8 Å². The standard InChI is InChI=1S/C9H7NS.C2H6/c1-2-8(6-10-4-1)9-3-5-11-7-9;1-2/h1-7H;1-2H3. The third-order valence-electron chi connectivity index (χ3n) is 1.52. The van der Waals surface area contributed by atoms with Crippen LogP contribution in [-0.2, 0) is 0 Å². The molecule has 0 amide bonds. The summed E-state index contributed by atoms with van der Waals surface area (Å²) in [6.45, 7) is 4.00. The summed E-state index contributed by atoms with van der Waals surface area (Å²) in [5.41, 5.74) is 2.44. The summed E-state index contributed by atoms with van der Waals surface area (Å²) < 4.78 is 0. The zero-order chi connectivity index (χ0) is 9.52. The van der Waals surface area contributed by atoms with Crippen LogP contribution in [0.3, 0.4) is 0 Å². The van der Waals surface area contributed by atoms with Crippen molar-refractivity contribution >= 4 is 11.3 Å². The van der Waals surface area contributed by atoms with E-state index in [-0.39, 0.29) is 0 Å². The average molecular weight is 191 g/mol. The number of aromatic nitrogens is 1. The van der Waals surface area contributed by atoms with E-state index < -0.39 is 0 Å². The molecule has 0 fully saturated rings. The normalized spacial score (nSPS) is 8.77. The maximum Gasteiger partial charge on any atom is 0.0346 e. The van der Waals surface area contributed by atoms with Gasteiger partial charge in [-0.2, -0.15) is 11.3 Å². The molecule has 2 aromatic heterocycles. The average Bonchev–Trinajstić information content (AvgIpc) is 2.75. The van der Waals surface area contributed by atoms with Gasteiger partial charge in [-0.25, -0.2) is 0 Å². The lowest BCUT2D eigenvalue weighted by Crippen LogP contribution is -1.73. The van der Waals surface area contributed by atoms with E-state index in [2.05, 4.69) is 27.9 Å². The van der Waals surface area contributed by atoms with Crippen LogP contribution in [0.15, 0.2) is 41.4 Å². The van der Waals surface area contributed by atoms with Crippen molar-refractivity contribution in [2.24, 2.45) is 0 Å². The highest BCUT2D eigenvalue weighted by molar-refractivity contribution is 7.08. The molecule has 1 nitrogen and oxygen atoms in total. The van der Waals surface area contributed by atoms with Crippen molar-refractivity contribution in [3.63, 3.8) is 0 Å². The van der Waals surface area contributed by atoms with E-state index in [4.69, 9.17) is 0 Å². The van der Waals surface area contributed by atoms with Gasteiger partial charge in [0.25, 0.3) is 0 Å². The molecule has 0 saturated heterocycles. The third-order valence-corrected chi connectivity index (χ3v) is 2.20. The van der Waals surface area contributed by atoms with Crippen LogP contribution in [0, 0.1) is 0 Å². The highest BCUT2D eigenvalue weighted by atomic mass is 32.1. The molecule has 68 valence electrons. The topological polar surface area (TPSA) is 12.9 Å². The predicted molar refractivity (Wildman–Crippen MR) is 58.9 cm³/mol. The Kier molecular flexibility index (Phi) is 4.19. The third kappa shape index (κ3) is 2.67. The van der Waals surface area contributed by atoms with Gasteiger partial charge in [0.1, 0.15) is 0 Å². The van der Waals surface area contributed by atoms with Gasteiger partial charge in [-0.15, -0.1) is 0 Å². The first-order chi connectivity index (χ1) is 6.47. The van der Waals surface area contributed by atoms with Crippen LogP contribution in [0.1, 0.15) is 13.8 Å². The molecule has 0 N–H and O–H groups in total. The summed E-state index contributed by atoms with van der Waals surface area (Å²) >= 11 is 1.71. The first kappa shape index (κ1) is 9.93. The van der Waals surface area contributed by atoms with Crippen LogP contribution < -0.4 is 0 Å². The van der Waals surface area contributed by atoms with Crippen LogP contribution >= 0.6 is 11.3 Å². The van der Waals surface area contributed by atoms with Gasteiger partial charge in [-0.05, 0) is 28.5 Å². The SMILES string of the molecule is CC.c1cncc(-c2ccsc2)c1. The Bertz CT molecular complexity index is 313. The second-order valence-corrected chi connectivity index (χ2v) is 3.03. The molecule has 0 atom stereocenters. The Labute approximate surface area is 83.1 Å². The van der Waals surface area contributed by atoms with E-state index in [1.807, 2.05) is 26.1 Å². The highest BCUT2D eigenvalue weighted by Crippen LogP contribution is 2.19. The van der Waals surface area contributed by atoms with Crippen LogP contribution in [0.25, 0.3) is 11.1 Å². The molecule has 0 aliphatic heterocycles. The quantitative estimate of drug-likeness (QED) is 0.667. The Balaban J connectivity index is 0.000000396. The van der Waals surface area contributed by atoms with Crippen LogP contribution in [0.4, 0.5) is 0 Å². The fourth-order valence-electron chi connectivity index (χ4n) is 0.962. The Morgan fingerprint density at radius 1 is 1.15 bits per heavy atom.